The zero-order valence-corrected chi connectivity index (χ0v) is 14.5. The van der Waals surface area contributed by atoms with E-state index in [9.17, 15) is 0 Å². The number of hydrogen-bond acceptors (Lipinski definition) is 0. The summed E-state index contributed by atoms with van der Waals surface area (Å²) < 4.78 is 3.23. The van der Waals surface area contributed by atoms with Gasteiger partial charge < -0.3 is 0 Å². The maximum atomic E-state index is 6.08. The lowest BCUT2D eigenvalue weighted by Crippen LogP contribution is -1.83. The van der Waals surface area contributed by atoms with Crippen LogP contribution in [-0.4, -0.2) is 0 Å². The van der Waals surface area contributed by atoms with Gasteiger partial charge in [0.1, 0.15) is 0 Å². The Morgan fingerprint density at radius 3 is 1.89 bits per heavy atom. The van der Waals surface area contributed by atoms with Gasteiger partial charge in [-0.1, -0.05) is 39.7 Å². The Morgan fingerprint density at radius 1 is 0.667 bits per heavy atom. The Hall–Kier alpha value is -0.0900. The highest BCUT2D eigenvalue weighted by atomic mass is 79.9. The number of rotatable bonds is 0. The lowest BCUT2D eigenvalue weighted by Gasteiger charge is -2.10. The van der Waals surface area contributed by atoms with Crippen LogP contribution in [0.3, 0.4) is 0 Å². The SMILES string of the molecule is Clc1ccc2c(Br)c3cc(Br)ccc3c(Br)c2c1. The first-order valence-electron chi connectivity index (χ1n) is 5.23. The molecule has 3 aromatic rings. The second kappa shape index (κ2) is 4.78. The molecule has 0 unspecified atom stereocenters. The van der Waals surface area contributed by atoms with E-state index >= 15 is 0 Å². The highest BCUT2D eigenvalue weighted by Gasteiger charge is 2.11. The Morgan fingerprint density at radius 2 is 1.22 bits per heavy atom. The molecule has 0 bridgehead atoms. The van der Waals surface area contributed by atoms with Crippen LogP contribution in [0, 0.1) is 0 Å². The first-order valence-corrected chi connectivity index (χ1v) is 7.99. The summed E-state index contributed by atoms with van der Waals surface area (Å²) in [5, 5.41) is 5.35. The summed E-state index contributed by atoms with van der Waals surface area (Å²) in [4.78, 5) is 0. The molecule has 18 heavy (non-hydrogen) atoms. The van der Waals surface area contributed by atoms with Crippen LogP contribution in [0.2, 0.25) is 5.02 Å². The van der Waals surface area contributed by atoms with Gasteiger partial charge in [-0.2, -0.15) is 0 Å². The maximum Gasteiger partial charge on any atom is 0.0412 e. The van der Waals surface area contributed by atoms with Crippen LogP contribution in [0.5, 0.6) is 0 Å². The minimum Gasteiger partial charge on any atom is -0.0843 e. The van der Waals surface area contributed by atoms with Crippen molar-refractivity contribution in [3.8, 4) is 0 Å². The van der Waals surface area contributed by atoms with Crippen molar-refractivity contribution in [2.45, 2.75) is 0 Å². The van der Waals surface area contributed by atoms with Crippen molar-refractivity contribution in [1.29, 1.82) is 0 Å². The molecule has 0 nitrogen and oxygen atoms in total. The maximum absolute atomic E-state index is 6.08. The normalized spacial score (nSPS) is 11.3. The fraction of sp³-hybridized carbons (Fsp3) is 0. The Bertz CT molecular complexity index is 713. The van der Waals surface area contributed by atoms with E-state index in [-0.39, 0.29) is 0 Å². The summed E-state index contributed by atoms with van der Waals surface area (Å²) >= 11 is 17.0. The second-order valence-corrected chi connectivity index (χ2v) is 6.95. The predicted octanol–water partition coefficient (Wildman–Crippen LogP) is 6.93. The fourth-order valence-corrected chi connectivity index (χ4v) is 3.95. The largest absolute Gasteiger partial charge is 0.0843 e. The zero-order chi connectivity index (χ0) is 12.9. The minimum absolute atomic E-state index is 0.742. The van der Waals surface area contributed by atoms with E-state index in [1.165, 1.54) is 10.8 Å². The van der Waals surface area contributed by atoms with Gasteiger partial charge in [0.15, 0.2) is 0 Å². The van der Waals surface area contributed by atoms with Crippen molar-refractivity contribution in [1.82, 2.24) is 0 Å². The molecule has 0 aliphatic heterocycles. The van der Waals surface area contributed by atoms with Gasteiger partial charge in [0, 0.05) is 18.4 Å². The molecule has 0 heterocycles. The van der Waals surface area contributed by atoms with Crippen LogP contribution in [0.1, 0.15) is 0 Å². The van der Waals surface area contributed by atoms with E-state index in [1.807, 2.05) is 24.3 Å². The standard InChI is InChI=1S/C14H6Br3Cl/c15-7-1-3-9-11(5-7)13(16)10-4-2-8(18)6-12(10)14(9)17/h1-6H. The Balaban J connectivity index is 2.60. The van der Waals surface area contributed by atoms with Gasteiger partial charge >= 0.3 is 0 Å². The average molecular weight is 449 g/mol. The lowest BCUT2D eigenvalue weighted by molar-refractivity contribution is 1.68. The zero-order valence-electron chi connectivity index (χ0n) is 8.98. The number of halogens is 4. The van der Waals surface area contributed by atoms with Gasteiger partial charge in [-0.3, -0.25) is 0 Å². The average Bonchev–Trinajstić information content (AvgIpc) is 2.36. The van der Waals surface area contributed by atoms with E-state index in [0.29, 0.717) is 0 Å². The summed E-state index contributed by atoms with van der Waals surface area (Å²) in [6, 6.07) is 12.2. The summed E-state index contributed by atoms with van der Waals surface area (Å²) in [6.07, 6.45) is 0. The first kappa shape index (κ1) is 12.9. The third kappa shape index (κ3) is 2.01. The molecule has 3 rings (SSSR count). The molecule has 0 aliphatic rings. The molecule has 0 aromatic heterocycles. The van der Waals surface area contributed by atoms with Gasteiger partial charge in [0.25, 0.3) is 0 Å². The van der Waals surface area contributed by atoms with E-state index in [1.54, 1.807) is 0 Å². The highest BCUT2D eigenvalue weighted by molar-refractivity contribution is 9.11. The van der Waals surface area contributed by atoms with E-state index < -0.39 is 0 Å². The molecular formula is C14H6Br3Cl. The van der Waals surface area contributed by atoms with Gasteiger partial charge in [-0.15, -0.1) is 0 Å². The van der Waals surface area contributed by atoms with Crippen LogP contribution in [-0.2, 0) is 0 Å². The molecule has 90 valence electrons. The lowest BCUT2D eigenvalue weighted by atomic mass is 10.0. The van der Waals surface area contributed by atoms with Crippen molar-refractivity contribution in [3.63, 3.8) is 0 Å². The minimum atomic E-state index is 0.742. The smallest absolute Gasteiger partial charge is 0.0412 e. The van der Waals surface area contributed by atoms with Crippen molar-refractivity contribution in [2.24, 2.45) is 0 Å². The van der Waals surface area contributed by atoms with Gasteiger partial charge in [0.2, 0.25) is 0 Å². The van der Waals surface area contributed by atoms with Crippen molar-refractivity contribution < 1.29 is 0 Å². The third-order valence-electron chi connectivity index (χ3n) is 2.91. The summed E-state index contributed by atoms with van der Waals surface area (Å²) in [7, 11) is 0. The Labute approximate surface area is 135 Å². The second-order valence-electron chi connectivity index (χ2n) is 4.01. The van der Waals surface area contributed by atoms with Gasteiger partial charge in [0.05, 0.1) is 0 Å². The molecule has 0 amide bonds. The first-order chi connectivity index (χ1) is 8.58. The summed E-state index contributed by atoms with van der Waals surface area (Å²) in [5.74, 6) is 0. The van der Waals surface area contributed by atoms with Crippen molar-refractivity contribution >= 4 is 80.9 Å². The quantitative estimate of drug-likeness (QED) is 0.327. The monoisotopic (exact) mass is 446 g/mol. The van der Waals surface area contributed by atoms with E-state index in [0.717, 1.165) is 29.2 Å². The predicted molar refractivity (Wildman–Crippen MR) is 89.6 cm³/mol. The molecular weight excluding hydrogens is 443 g/mol. The van der Waals surface area contributed by atoms with Gasteiger partial charge in [-0.25, -0.2) is 0 Å². The van der Waals surface area contributed by atoms with E-state index in [2.05, 4.69) is 59.9 Å². The fourth-order valence-electron chi connectivity index (χ4n) is 2.07. The van der Waals surface area contributed by atoms with Crippen LogP contribution < -0.4 is 0 Å². The van der Waals surface area contributed by atoms with Crippen LogP contribution >= 0.6 is 59.4 Å². The number of hydrogen-bond donors (Lipinski definition) is 0. The van der Waals surface area contributed by atoms with Crippen molar-refractivity contribution in [3.05, 3.63) is 54.8 Å². The summed E-state index contributed by atoms with van der Waals surface area (Å²) in [5.41, 5.74) is 0. The van der Waals surface area contributed by atoms with Crippen LogP contribution in [0.25, 0.3) is 21.5 Å². The number of benzene rings is 3. The van der Waals surface area contributed by atoms with Crippen LogP contribution in [0.4, 0.5) is 0 Å². The number of fused-ring (bicyclic) bond motifs is 2. The van der Waals surface area contributed by atoms with E-state index in [4.69, 9.17) is 11.6 Å². The molecule has 0 N–H and O–H groups in total. The van der Waals surface area contributed by atoms with Crippen LogP contribution in [0.15, 0.2) is 49.8 Å². The molecule has 0 saturated heterocycles. The molecule has 0 atom stereocenters. The topological polar surface area (TPSA) is 0 Å². The molecule has 3 aromatic carbocycles. The molecule has 0 spiro atoms. The molecule has 0 saturated carbocycles. The molecule has 0 aliphatic carbocycles. The summed E-state index contributed by atoms with van der Waals surface area (Å²) in [6.45, 7) is 0. The highest BCUT2D eigenvalue weighted by Crippen LogP contribution is 2.40. The molecule has 0 fully saturated rings. The van der Waals surface area contributed by atoms with Gasteiger partial charge in [-0.05, 0) is 77.7 Å². The Kier molecular flexibility index (Phi) is 3.43. The van der Waals surface area contributed by atoms with Crippen molar-refractivity contribution in [2.75, 3.05) is 0 Å². The molecule has 0 radical (unpaired) electrons. The molecule has 4 heteroatoms. The third-order valence-corrected chi connectivity index (χ3v) is 5.35.